The lowest BCUT2D eigenvalue weighted by Crippen LogP contribution is -2.33. The van der Waals surface area contributed by atoms with Crippen LogP contribution in [0.1, 0.15) is 56.1 Å². The SMILES string of the molecule is CCN(CC)C(=O)Oc1cc(C(C)(C)C)ccc1OC(=O)c1ccc(C)cc1. The lowest BCUT2D eigenvalue weighted by atomic mass is 9.87. The second-order valence-electron chi connectivity index (χ2n) is 7.71. The molecule has 0 aliphatic heterocycles. The van der Waals surface area contributed by atoms with Gasteiger partial charge in [-0.15, -0.1) is 0 Å². The van der Waals surface area contributed by atoms with E-state index in [9.17, 15) is 9.59 Å². The van der Waals surface area contributed by atoms with Crippen molar-refractivity contribution >= 4 is 12.1 Å². The second-order valence-corrected chi connectivity index (χ2v) is 7.71. The van der Waals surface area contributed by atoms with E-state index in [-0.39, 0.29) is 16.9 Å². The maximum atomic E-state index is 12.5. The normalized spacial score (nSPS) is 11.1. The molecule has 1 amide bonds. The molecule has 5 nitrogen and oxygen atoms in total. The first-order chi connectivity index (χ1) is 13.2. The Bertz CT molecular complexity index is 831. The monoisotopic (exact) mass is 383 g/mol. The Kier molecular flexibility index (Phi) is 6.84. The van der Waals surface area contributed by atoms with Gasteiger partial charge in [0.1, 0.15) is 0 Å². The summed E-state index contributed by atoms with van der Waals surface area (Å²) < 4.78 is 11.1. The molecule has 150 valence electrons. The number of hydrogen-bond donors (Lipinski definition) is 0. The minimum Gasteiger partial charge on any atom is -0.419 e. The van der Waals surface area contributed by atoms with Crippen LogP contribution in [0.5, 0.6) is 11.5 Å². The quantitative estimate of drug-likeness (QED) is 0.516. The highest BCUT2D eigenvalue weighted by atomic mass is 16.6. The molecular weight excluding hydrogens is 354 g/mol. The molecule has 0 spiro atoms. The highest BCUT2D eigenvalue weighted by Crippen LogP contribution is 2.34. The molecule has 5 heteroatoms. The van der Waals surface area contributed by atoms with E-state index >= 15 is 0 Å². The fraction of sp³-hybridized carbons (Fsp3) is 0.391. The van der Waals surface area contributed by atoms with E-state index in [0.717, 1.165) is 11.1 Å². The molecule has 0 aliphatic carbocycles. The molecule has 28 heavy (non-hydrogen) atoms. The van der Waals surface area contributed by atoms with Crippen molar-refractivity contribution in [2.24, 2.45) is 0 Å². The van der Waals surface area contributed by atoms with E-state index < -0.39 is 12.1 Å². The van der Waals surface area contributed by atoms with Gasteiger partial charge in [0.25, 0.3) is 0 Å². The topological polar surface area (TPSA) is 55.8 Å². The third kappa shape index (κ3) is 5.35. The third-order valence-electron chi connectivity index (χ3n) is 4.52. The minimum atomic E-state index is -0.497. The number of hydrogen-bond acceptors (Lipinski definition) is 4. The Balaban J connectivity index is 2.35. The summed E-state index contributed by atoms with van der Waals surface area (Å²) in [5, 5.41) is 0. The third-order valence-corrected chi connectivity index (χ3v) is 4.52. The van der Waals surface area contributed by atoms with Crippen molar-refractivity contribution in [3.05, 3.63) is 59.2 Å². The Morgan fingerprint density at radius 3 is 2.04 bits per heavy atom. The molecule has 0 radical (unpaired) electrons. The molecule has 0 saturated heterocycles. The standard InChI is InChI=1S/C23H29NO4/c1-7-24(8-2)22(26)28-20-15-18(23(4,5)6)13-14-19(20)27-21(25)17-11-9-16(3)10-12-17/h9-15H,7-8H2,1-6H3. The van der Waals surface area contributed by atoms with Crippen LogP contribution in [-0.4, -0.2) is 30.1 Å². The van der Waals surface area contributed by atoms with Crippen LogP contribution in [0.3, 0.4) is 0 Å². The molecule has 0 N–H and O–H groups in total. The van der Waals surface area contributed by atoms with Crippen LogP contribution in [0.4, 0.5) is 4.79 Å². The van der Waals surface area contributed by atoms with Gasteiger partial charge >= 0.3 is 12.1 Å². The van der Waals surface area contributed by atoms with Crippen LogP contribution in [0.2, 0.25) is 0 Å². The second kappa shape index (κ2) is 8.91. The van der Waals surface area contributed by atoms with Gasteiger partial charge < -0.3 is 14.4 Å². The highest BCUT2D eigenvalue weighted by molar-refractivity contribution is 5.91. The molecule has 0 unspecified atom stereocenters. The van der Waals surface area contributed by atoms with E-state index in [1.165, 1.54) is 0 Å². The molecular formula is C23H29NO4. The maximum Gasteiger partial charge on any atom is 0.415 e. The number of benzene rings is 2. The van der Waals surface area contributed by atoms with Gasteiger partial charge in [0, 0.05) is 13.1 Å². The molecule has 2 aromatic carbocycles. The van der Waals surface area contributed by atoms with E-state index in [1.54, 1.807) is 29.2 Å². The van der Waals surface area contributed by atoms with Crippen molar-refractivity contribution < 1.29 is 19.1 Å². The van der Waals surface area contributed by atoms with Crippen molar-refractivity contribution in [3.63, 3.8) is 0 Å². The predicted octanol–water partition coefficient (Wildman–Crippen LogP) is 5.35. The van der Waals surface area contributed by atoms with E-state index in [4.69, 9.17) is 9.47 Å². The molecule has 2 rings (SSSR count). The minimum absolute atomic E-state index is 0.143. The lowest BCUT2D eigenvalue weighted by molar-refractivity contribution is 0.0727. The van der Waals surface area contributed by atoms with Crippen LogP contribution in [0, 0.1) is 6.92 Å². The lowest BCUT2D eigenvalue weighted by Gasteiger charge is -2.22. The average Bonchev–Trinajstić information content (AvgIpc) is 2.63. The highest BCUT2D eigenvalue weighted by Gasteiger charge is 2.22. The van der Waals surface area contributed by atoms with Crippen LogP contribution in [-0.2, 0) is 5.41 Å². The molecule has 0 aliphatic rings. The van der Waals surface area contributed by atoms with Gasteiger partial charge in [0.2, 0.25) is 0 Å². The Labute approximate surface area is 167 Å². The van der Waals surface area contributed by atoms with Gasteiger partial charge in [-0.1, -0.05) is 44.5 Å². The van der Waals surface area contributed by atoms with E-state index in [0.29, 0.717) is 18.7 Å². The van der Waals surface area contributed by atoms with Crippen molar-refractivity contribution in [1.82, 2.24) is 4.90 Å². The molecule has 0 heterocycles. The molecule has 0 fully saturated rings. The van der Waals surface area contributed by atoms with Gasteiger partial charge in [-0.05, 0) is 56.0 Å². The van der Waals surface area contributed by atoms with Crippen molar-refractivity contribution in [3.8, 4) is 11.5 Å². The molecule has 2 aromatic rings. The van der Waals surface area contributed by atoms with Crippen LogP contribution in [0.15, 0.2) is 42.5 Å². The van der Waals surface area contributed by atoms with E-state index in [2.05, 4.69) is 20.8 Å². The molecule has 0 aromatic heterocycles. The van der Waals surface area contributed by atoms with Gasteiger partial charge in [-0.2, -0.15) is 0 Å². The summed E-state index contributed by atoms with van der Waals surface area (Å²) in [6, 6.07) is 12.4. The zero-order valence-electron chi connectivity index (χ0n) is 17.5. The average molecular weight is 383 g/mol. The summed E-state index contributed by atoms with van der Waals surface area (Å²) in [6.07, 6.45) is -0.469. The number of esters is 1. The zero-order valence-corrected chi connectivity index (χ0v) is 17.5. The molecule has 0 bridgehead atoms. The number of carbonyl (C=O) groups is 2. The first kappa shape index (κ1) is 21.5. The number of nitrogens with zero attached hydrogens (tertiary/aromatic N) is 1. The fourth-order valence-corrected chi connectivity index (χ4v) is 2.63. The van der Waals surface area contributed by atoms with E-state index in [1.807, 2.05) is 39.0 Å². The van der Waals surface area contributed by atoms with Crippen LogP contribution >= 0.6 is 0 Å². The maximum absolute atomic E-state index is 12.5. The summed E-state index contributed by atoms with van der Waals surface area (Å²) in [7, 11) is 0. The van der Waals surface area contributed by atoms with Crippen molar-refractivity contribution in [2.75, 3.05) is 13.1 Å². The number of rotatable bonds is 5. The number of carbonyl (C=O) groups excluding carboxylic acids is 2. The van der Waals surface area contributed by atoms with Crippen molar-refractivity contribution in [2.45, 2.75) is 47.0 Å². The zero-order chi connectivity index (χ0) is 20.9. The summed E-state index contributed by atoms with van der Waals surface area (Å²) in [6.45, 7) is 13.0. The summed E-state index contributed by atoms with van der Waals surface area (Å²) in [4.78, 5) is 26.5. The van der Waals surface area contributed by atoms with Gasteiger partial charge in [0.15, 0.2) is 11.5 Å². The Morgan fingerprint density at radius 2 is 1.50 bits per heavy atom. The number of aryl methyl sites for hydroxylation is 1. The fourth-order valence-electron chi connectivity index (χ4n) is 2.63. The van der Waals surface area contributed by atoms with Crippen LogP contribution in [0.25, 0.3) is 0 Å². The van der Waals surface area contributed by atoms with Gasteiger partial charge in [-0.25, -0.2) is 9.59 Å². The summed E-state index contributed by atoms with van der Waals surface area (Å²) in [5.41, 5.74) is 2.33. The molecule has 0 atom stereocenters. The number of amides is 1. The number of ether oxygens (including phenoxy) is 2. The summed E-state index contributed by atoms with van der Waals surface area (Å²) in [5.74, 6) is -0.0347. The summed E-state index contributed by atoms with van der Waals surface area (Å²) >= 11 is 0. The van der Waals surface area contributed by atoms with Gasteiger partial charge in [-0.3, -0.25) is 0 Å². The Morgan fingerprint density at radius 1 is 0.893 bits per heavy atom. The predicted molar refractivity (Wildman–Crippen MR) is 110 cm³/mol. The first-order valence-corrected chi connectivity index (χ1v) is 9.55. The molecule has 0 saturated carbocycles. The smallest absolute Gasteiger partial charge is 0.415 e. The Hall–Kier alpha value is -2.82. The van der Waals surface area contributed by atoms with Crippen LogP contribution < -0.4 is 9.47 Å². The van der Waals surface area contributed by atoms with Crippen molar-refractivity contribution in [1.29, 1.82) is 0 Å². The largest absolute Gasteiger partial charge is 0.419 e. The van der Waals surface area contributed by atoms with Gasteiger partial charge in [0.05, 0.1) is 5.56 Å². The first-order valence-electron chi connectivity index (χ1n) is 9.55.